The Balaban J connectivity index is 2.15. The van der Waals surface area contributed by atoms with E-state index in [2.05, 4.69) is 6.58 Å². The van der Waals surface area contributed by atoms with Crippen LogP contribution in [0.3, 0.4) is 0 Å². The minimum absolute atomic E-state index is 0.266. The summed E-state index contributed by atoms with van der Waals surface area (Å²) in [4.78, 5) is 11.6. The summed E-state index contributed by atoms with van der Waals surface area (Å²) in [7, 11) is 0. The Hall–Kier alpha value is -1.83. The van der Waals surface area contributed by atoms with Crippen LogP contribution in [-0.4, -0.2) is 12.6 Å². The molecule has 1 aromatic carbocycles. The summed E-state index contributed by atoms with van der Waals surface area (Å²) in [5.74, 6) is 0.240. The van der Waals surface area contributed by atoms with E-state index >= 15 is 0 Å². The highest BCUT2D eigenvalue weighted by atomic mass is 16.5. The molecule has 1 aliphatic rings. The number of carbonyl (C=O) groups is 1. The molecule has 2 heteroatoms. The Morgan fingerprint density at radius 3 is 2.65 bits per heavy atom. The maximum atomic E-state index is 11.6. The lowest BCUT2D eigenvalue weighted by molar-refractivity contribution is -0.136. The Morgan fingerprint density at radius 1 is 1.35 bits per heavy atom. The first-order valence-electron chi connectivity index (χ1n) is 5.86. The molecule has 1 aliphatic carbocycles. The lowest BCUT2D eigenvalue weighted by Gasteiger charge is -2.06. The molecule has 17 heavy (non-hydrogen) atoms. The summed E-state index contributed by atoms with van der Waals surface area (Å²) in [6.07, 6.45) is 5.52. The average molecular weight is 228 g/mol. The predicted octanol–water partition coefficient (Wildman–Crippen LogP) is 3.21. The van der Waals surface area contributed by atoms with Crippen LogP contribution < -0.4 is 0 Å². The average Bonchev–Trinajstić information content (AvgIpc) is 3.19. The van der Waals surface area contributed by atoms with E-state index in [0.29, 0.717) is 5.92 Å². The van der Waals surface area contributed by atoms with Crippen LogP contribution in [0.2, 0.25) is 0 Å². The van der Waals surface area contributed by atoms with Gasteiger partial charge in [0.15, 0.2) is 0 Å². The second-order valence-electron chi connectivity index (χ2n) is 4.16. The van der Waals surface area contributed by atoms with Gasteiger partial charge in [-0.1, -0.05) is 43.0 Å². The van der Waals surface area contributed by atoms with Crippen molar-refractivity contribution in [1.82, 2.24) is 0 Å². The zero-order chi connectivity index (χ0) is 12.1. The van der Waals surface area contributed by atoms with Gasteiger partial charge in [0.25, 0.3) is 0 Å². The van der Waals surface area contributed by atoms with E-state index in [9.17, 15) is 4.79 Å². The number of carbonyl (C=O) groups excluding carboxylic acids is 1. The largest absolute Gasteiger partial charge is 0.458 e. The number of esters is 1. The van der Waals surface area contributed by atoms with E-state index in [4.69, 9.17) is 4.74 Å². The molecule has 1 aromatic rings. The number of allylic oxidation sites excluding steroid dienone is 1. The Bertz CT molecular complexity index is 427. The predicted molar refractivity (Wildman–Crippen MR) is 68.3 cm³/mol. The highest BCUT2D eigenvalue weighted by molar-refractivity contribution is 5.92. The second-order valence-corrected chi connectivity index (χ2v) is 4.16. The first kappa shape index (κ1) is 11.6. The second kappa shape index (κ2) is 5.48. The number of rotatable bonds is 5. The van der Waals surface area contributed by atoms with Gasteiger partial charge in [-0.2, -0.15) is 0 Å². The molecule has 0 saturated heterocycles. The van der Waals surface area contributed by atoms with Crippen molar-refractivity contribution < 1.29 is 9.53 Å². The van der Waals surface area contributed by atoms with E-state index < -0.39 is 0 Å². The molecule has 88 valence electrons. The summed E-state index contributed by atoms with van der Waals surface area (Å²) in [5.41, 5.74) is 2.21. The van der Waals surface area contributed by atoms with Gasteiger partial charge in [0.1, 0.15) is 6.61 Å². The van der Waals surface area contributed by atoms with Gasteiger partial charge in [0.2, 0.25) is 0 Å². The molecule has 0 heterocycles. The van der Waals surface area contributed by atoms with Crippen LogP contribution in [0.1, 0.15) is 18.4 Å². The van der Waals surface area contributed by atoms with Gasteiger partial charge in [0, 0.05) is 6.08 Å². The van der Waals surface area contributed by atoms with Crippen molar-refractivity contribution in [2.45, 2.75) is 12.8 Å². The molecule has 0 aromatic heterocycles. The molecule has 0 radical (unpaired) electrons. The van der Waals surface area contributed by atoms with Crippen LogP contribution in [0, 0.1) is 5.92 Å². The molecule has 0 spiro atoms. The third-order valence-corrected chi connectivity index (χ3v) is 2.74. The molecule has 0 N–H and O–H groups in total. The van der Waals surface area contributed by atoms with Crippen LogP contribution in [0.15, 0.2) is 49.1 Å². The molecule has 0 unspecified atom stereocenters. The lowest BCUT2D eigenvalue weighted by atomic mass is 10.0. The van der Waals surface area contributed by atoms with E-state index in [1.54, 1.807) is 12.2 Å². The third kappa shape index (κ3) is 3.31. The van der Waals surface area contributed by atoms with Gasteiger partial charge in [-0.05, 0) is 29.9 Å². The maximum absolute atomic E-state index is 11.6. The van der Waals surface area contributed by atoms with E-state index in [1.165, 1.54) is 0 Å². The van der Waals surface area contributed by atoms with Crippen molar-refractivity contribution in [3.8, 4) is 0 Å². The summed E-state index contributed by atoms with van der Waals surface area (Å²) in [5, 5.41) is 0. The molecule has 2 nitrogen and oxygen atoms in total. The zero-order valence-electron chi connectivity index (χ0n) is 9.76. The molecular weight excluding hydrogens is 212 g/mol. The van der Waals surface area contributed by atoms with Gasteiger partial charge in [-0.25, -0.2) is 4.79 Å². The van der Waals surface area contributed by atoms with E-state index in [0.717, 1.165) is 24.0 Å². The SMILES string of the molecule is C=CCOC(=O)/C=C(\c1ccccc1)C1CC1. The number of hydrogen-bond donors (Lipinski definition) is 0. The van der Waals surface area contributed by atoms with Gasteiger partial charge in [0.05, 0.1) is 0 Å². The van der Waals surface area contributed by atoms with Crippen molar-refractivity contribution in [3.63, 3.8) is 0 Å². The topological polar surface area (TPSA) is 26.3 Å². The van der Waals surface area contributed by atoms with Crippen molar-refractivity contribution >= 4 is 11.5 Å². The molecule has 0 atom stereocenters. The fraction of sp³-hybridized carbons (Fsp3) is 0.267. The highest BCUT2D eigenvalue weighted by Gasteiger charge is 2.27. The first-order chi connectivity index (χ1) is 8.31. The van der Waals surface area contributed by atoms with Crippen molar-refractivity contribution in [2.24, 2.45) is 5.92 Å². The van der Waals surface area contributed by atoms with Crippen LogP contribution in [-0.2, 0) is 9.53 Å². The fourth-order valence-corrected chi connectivity index (χ4v) is 1.77. The van der Waals surface area contributed by atoms with Crippen molar-refractivity contribution in [2.75, 3.05) is 6.61 Å². The Kier molecular flexibility index (Phi) is 3.76. The van der Waals surface area contributed by atoms with Crippen LogP contribution >= 0.6 is 0 Å². The third-order valence-electron chi connectivity index (χ3n) is 2.74. The molecule has 0 aliphatic heterocycles. The zero-order valence-corrected chi connectivity index (χ0v) is 9.76. The minimum atomic E-state index is -0.282. The molecule has 1 fully saturated rings. The molecule has 1 saturated carbocycles. The summed E-state index contributed by atoms with van der Waals surface area (Å²) in [6.45, 7) is 3.79. The first-order valence-corrected chi connectivity index (χ1v) is 5.86. The maximum Gasteiger partial charge on any atom is 0.331 e. The van der Waals surface area contributed by atoms with Crippen molar-refractivity contribution in [3.05, 3.63) is 54.6 Å². The lowest BCUT2D eigenvalue weighted by Crippen LogP contribution is -2.02. The fourth-order valence-electron chi connectivity index (χ4n) is 1.77. The highest BCUT2D eigenvalue weighted by Crippen LogP contribution is 2.41. The minimum Gasteiger partial charge on any atom is -0.458 e. The van der Waals surface area contributed by atoms with Crippen molar-refractivity contribution in [1.29, 1.82) is 0 Å². The molecule has 2 rings (SSSR count). The number of hydrogen-bond acceptors (Lipinski definition) is 2. The molecular formula is C15H16O2. The van der Waals surface area contributed by atoms with Crippen LogP contribution in [0.5, 0.6) is 0 Å². The van der Waals surface area contributed by atoms with Crippen LogP contribution in [0.25, 0.3) is 5.57 Å². The summed E-state index contributed by atoms with van der Waals surface area (Å²) >= 11 is 0. The summed E-state index contributed by atoms with van der Waals surface area (Å²) < 4.78 is 4.99. The van der Waals surface area contributed by atoms with Gasteiger partial charge < -0.3 is 4.74 Å². The van der Waals surface area contributed by atoms with Gasteiger partial charge >= 0.3 is 5.97 Å². The monoisotopic (exact) mass is 228 g/mol. The summed E-state index contributed by atoms with van der Waals surface area (Å²) in [6, 6.07) is 10.0. The Morgan fingerprint density at radius 2 is 2.06 bits per heavy atom. The number of ether oxygens (including phenoxy) is 1. The normalized spacial score (nSPS) is 15.4. The quantitative estimate of drug-likeness (QED) is 0.439. The van der Waals surface area contributed by atoms with Crippen LogP contribution in [0.4, 0.5) is 0 Å². The van der Waals surface area contributed by atoms with Gasteiger partial charge in [-0.3, -0.25) is 0 Å². The van der Waals surface area contributed by atoms with E-state index in [1.807, 2.05) is 30.3 Å². The molecule has 0 bridgehead atoms. The molecule has 0 amide bonds. The van der Waals surface area contributed by atoms with E-state index in [-0.39, 0.29) is 12.6 Å². The Labute approximate surface area is 102 Å². The smallest absolute Gasteiger partial charge is 0.331 e. The number of benzene rings is 1. The van der Waals surface area contributed by atoms with Gasteiger partial charge in [-0.15, -0.1) is 0 Å². The standard InChI is InChI=1S/C15H16O2/c1-2-10-17-15(16)11-14(13-8-9-13)12-6-4-3-5-7-12/h2-7,11,13H,1,8-10H2/b14-11+.